The number of nitrogens with zero attached hydrogens (tertiary/aromatic N) is 2. The van der Waals surface area contributed by atoms with Gasteiger partial charge in [0.25, 0.3) is 0 Å². The fourth-order valence-electron chi connectivity index (χ4n) is 2.47. The van der Waals surface area contributed by atoms with Crippen molar-refractivity contribution in [1.82, 2.24) is 9.80 Å². The molecule has 0 spiro atoms. The normalized spacial score (nSPS) is 29.6. The molecular weight excluding hydrogens is 200 g/mol. The Balaban J connectivity index is 2.49. The standard InChI is InChI=1S/C13H28N2O/c1-11(2)5-6-15-8-12(3)7-14(4)13(9-15)10-16/h11-13,16H,5-10H2,1-4H3. The van der Waals surface area contributed by atoms with E-state index in [0.717, 1.165) is 19.0 Å². The van der Waals surface area contributed by atoms with Gasteiger partial charge in [-0.2, -0.15) is 0 Å². The van der Waals surface area contributed by atoms with Crippen LogP contribution in [0.4, 0.5) is 0 Å². The van der Waals surface area contributed by atoms with Crippen molar-refractivity contribution in [1.29, 1.82) is 0 Å². The maximum Gasteiger partial charge on any atom is 0.0599 e. The first-order valence-electron chi connectivity index (χ1n) is 6.56. The molecule has 0 aliphatic carbocycles. The van der Waals surface area contributed by atoms with E-state index in [1.54, 1.807) is 0 Å². The number of aliphatic hydroxyl groups excluding tert-OH is 1. The topological polar surface area (TPSA) is 26.7 Å². The third-order valence-electron chi connectivity index (χ3n) is 3.50. The van der Waals surface area contributed by atoms with Gasteiger partial charge in [0.05, 0.1) is 6.61 Å². The summed E-state index contributed by atoms with van der Waals surface area (Å²) in [6.45, 7) is 11.6. The summed E-state index contributed by atoms with van der Waals surface area (Å²) in [5.74, 6) is 1.47. The fourth-order valence-corrected chi connectivity index (χ4v) is 2.47. The minimum absolute atomic E-state index is 0.279. The molecule has 1 aliphatic rings. The van der Waals surface area contributed by atoms with Crippen LogP contribution in [0, 0.1) is 11.8 Å². The highest BCUT2D eigenvalue weighted by atomic mass is 16.3. The third kappa shape index (κ3) is 4.40. The quantitative estimate of drug-likeness (QED) is 0.785. The molecule has 1 N–H and O–H groups in total. The molecule has 1 aliphatic heterocycles. The predicted molar refractivity (Wildman–Crippen MR) is 68.6 cm³/mol. The maximum atomic E-state index is 9.40. The molecule has 96 valence electrons. The van der Waals surface area contributed by atoms with Crippen molar-refractivity contribution in [3.63, 3.8) is 0 Å². The van der Waals surface area contributed by atoms with Crippen molar-refractivity contribution in [2.45, 2.75) is 33.2 Å². The van der Waals surface area contributed by atoms with E-state index in [0.29, 0.717) is 12.0 Å². The second kappa shape index (κ2) is 6.58. The highest BCUT2D eigenvalue weighted by Gasteiger charge is 2.24. The summed E-state index contributed by atoms with van der Waals surface area (Å²) in [4.78, 5) is 4.83. The van der Waals surface area contributed by atoms with Crippen LogP contribution in [-0.4, -0.2) is 60.8 Å². The van der Waals surface area contributed by atoms with E-state index in [1.165, 1.54) is 19.5 Å². The summed E-state index contributed by atoms with van der Waals surface area (Å²) in [6.07, 6.45) is 1.26. The van der Waals surface area contributed by atoms with Crippen LogP contribution in [-0.2, 0) is 0 Å². The number of aliphatic hydroxyl groups is 1. The summed E-state index contributed by atoms with van der Waals surface area (Å²) in [5.41, 5.74) is 0. The van der Waals surface area contributed by atoms with E-state index in [9.17, 15) is 5.11 Å². The molecule has 0 bridgehead atoms. The van der Waals surface area contributed by atoms with Crippen LogP contribution in [0.3, 0.4) is 0 Å². The van der Waals surface area contributed by atoms with Crippen molar-refractivity contribution in [3.8, 4) is 0 Å². The van der Waals surface area contributed by atoms with Gasteiger partial charge in [0.1, 0.15) is 0 Å². The Kier molecular flexibility index (Phi) is 5.73. The largest absolute Gasteiger partial charge is 0.395 e. The van der Waals surface area contributed by atoms with Crippen molar-refractivity contribution in [2.24, 2.45) is 11.8 Å². The van der Waals surface area contributed by atoms with Crippen LogP contribution in [0.15, 0.2) is 0 Å². The second-order valence-corrected chi connectivity index (χ2v) is 5.82. The van der Waals surface area contributed by atoms with Gasteiger partial charge < -0.3 is 10.0 Å². The Morgan fingerprint density at radius 1 is 1.25 bits per heavy atom. The fraction of sp³-hybridized carbons (Fsp3) is 1.00. The number of hydrogen-bond donors (Lipinski definition) is 1. The molecule has 16 heavy (non-hydrogen) atoms. The number of rotatable bonds is 4. The van der Waals surface area contributed by atoms with E-state index in [-0.39, 0.29) is 6.61 Å². The molecule has 3 nitrogen and oxygen atoms in total. The van der Waals surface area contributed by atoms with Crippen LogP contribution in [0.25, 0.3) is 0 Å². The zero-order valence-electron chi connectivity index (χ0n) is 11.3. The molecule has 0 aromatic rings. The first-order valence-corrected chi connectivity index (χ1v) is 6.56. The molecule has 2 unspecified atom stereocenters. The minimum atomic E-state index is 0.279. The highest BCUT2D eigenvalue weighted by Crippen LogP contribution is 2.14. The number of likely N-dealkylation sites (N-methyl/N-ethyl adjacent to an activating group) is 1. The van der Waals surface area contributed by atoms with Gasteiger partial charge in [0, 0.05) is 25.7 Å². The lowest BCUT2D eigenvalue weighted by Crippen LogP contribution is -2.41. The van der Waals surface area contributed by atoms with Crippen molar-refractivity contribution < 1.29 is 5.11 Å². The molecule has 1 fully saturated rings. The summed E-state index contributed by atoms with van der Waals surface area (Å²) >= 11 is 0. The Morgan fingerprint density at radius 2 is 1.94 bits per heavy atom. The molecule has 1 heterocycles. The lowest BCUT2D eigenvalue weighted by Gasteiger charge is -2.27. The second-order valence-electron chi connectivity index (χ2n) is 5.82. The molecule has 0 amide bonds. The molecule has 0 aromatic carbocycles. The van der Waals surface area contributed by atoms with Gasteiger partial charge in [-0.25, -0.2) is 0 Å². The summed E-state index contributed by atoms with van der Waals surface area (Å²) < 4.78 is 0. The van der Waals surface area contributed by atoms with Gasteiger partial charge >= 0.3 is 0 Å². The zero-order valence-corrected chi connectivity index (χ0v) is 11.3. The Morgan fingerprint density at radius 3 is 2.50 bits per heavy atom. The third-order valence-corrected chi connectivity index (χ3v) is 3.50. The monoisotopic (exact) mass is 228 g/mol. The van der Waals surface area contributed by atoms with Gasteiger partial charge in [-0.05, 0) is 31.8 Å². The van der Waals surface area contributed by atoms with E-state index < -0.39 is 0 Å². The van der Waals surface area contributed by atoms with Crippen LogP contribution in [0.5, 0.6) is 0 Å². The van der Waals surface area contributed by atoms with Crippen molar-refractivity contribution >= 4 is 0 Å². The Labute approximate surface area is 100 Å². The van der Waals surface area contributed by atoms with Crippen molar-refractivity contribution in [3.05, 3.63) is 0 Å². The summed E-state index contributed by atoms with van der Waals surface area (Å²) in [5, 5.41) is 9.40. The van der Waals surface area contributed by atoms with E-state index in [4.69, 9.17) is 0 Å². The van der Waals surface area contributed by atoms with Crippen molar-refractivity contribution in [2.75, 3.05) is 39.8 Å². The Hall–Kier alpha value is -0.120. The van der Waals surface area contributed by atoms with Crippen LogP contribution in [0.2, 0.25) is 0 Å². The molecule has 3 heteroatoms. The van der Waals surface area contributed by atoms with E-state index in [2.05, 4.69) is 37.6 Å². The predicted octanol–water partition coefficient (Wildman–Crippen LogP) is 1.28. The van der Waals surface area contributed by atoms with Gasteiger partial charge in [0.2, 0.25) is 0 Å². The zero-order chi connectivity index (χ0) is 12.1. The smallest absolute Gasteiger partial charge is 0.0599 e. The first-order chi connectivity index (χ1) is 7.52. The Bertz CT molecular complexity index is 196. The minimum Gasteiger partial charge on any atom is -0.395 e. The average Bonchev–Trinajstić information content (AvgIpc) is 2.33. The van der Waals surface area contributed by atoms with Crippen LogP contribution < -0.4 is 0 Å². The maximum absolute atomic E-state index is 9.40. The lowest BCUT2D eigenvalue weighted by molar-refractivity contribution is 0.129. The molecule has 1 rings (SSSR count). The van der Waals surface area contributed by atoms with E-state index in [1.807, 2.05) is 0 Å². The van der Waals surface area contributed by atoms with Gasteiger partial charge in [-0.15, -0.1) is 0 Å². The molecule has 1 saturated heterocycles. The number of hydrogen-bond acceptors (Lipinski definition) is 3. The molecule has 0 aromatic heterocycles. The summed E-state index contributed by atoms with van der Waals surface area (Å²) in [6, 6.07) is 0.317. The summed E-state index contributed by atoms with van der Waals surface area (Å²) in [7, 11) is 2.13. The highest BCUT2D eigenvalue weighted by molar-refractivity contribution is 4.80. The van der Waals surface area contributed by atoms with Gasteiger partial charge in [-0.3, -0.25) is 4.90 Å². The van der Waals surface area contributed by atoms with Crippen LogP contribution in [0.1, 0.15) is 27.2 Å². The first kappa shape index (κ1) is 13.9. The molecule has 0 saturated carbocycles. The van der Waals surface area contributed by atoms with E-state index >= 15 is 0 Å². The van der Waals surface area contributed by atoms with Crippen LogP contribution >= 0.6 is 0 Å². The average molecular weight is 228 g/mol. The SMILES string of the molecule is CC(C)CCN1CC(C)CN(C)C(CO)C1. The molecule has 0 radical (unpaired) electrons. The van der Waals surface area contributed by atoms with Gasteiger partial charge in [-0.1, -0.05) is 20.8 Å². The molecular formula is C13H28N2O. The lowest BCUT2D eigenvalue weighted by atomic mass is 10.1. The molecule has 2 atom stereocenters. The van der Waals surface area contributed by atoms with Gasteiger partial charge in [0.15, 0.2) is 0 Å².